The van der Waals surface area contributed by atoms with Gasteiger partial charge in [0.15, 0.2) is 0 Å². The third kappa shape index (κ3) is 4.73. The molecule has 1 aliphatic carbocycles. The topological polar surface area (TPSA) is 15.3 Å². The molecule has 1 saturated heterocycles. The molecular weight excluding hydrogens is 244 g/mol. The fraction of sp³-hybridized carbons (Fsp3) is 1.00. The van der Waals surface area contributed by atoms with Gasteiger partial charge >= 0.3 is 0 Å². The van der Waals surface area contributed by atoms with Crippen LogP contribution in [0.15, 0.2) is 0 Å². The van der Waals surface area contributed by atoms with Crippen LogP contribution in [0.3, 0.4) is 0 Å². The zero-order valence-electron chi connectivity index (χ0n) is 14.1. The van der Waals surface area contributed by atoms with Crippen LogP contribution in [0.2, 0.25) is 0 Å². The molecule has 118 valence electrons. The van der Waals surface area contributed by atoms with Crippen molar-refractivity contribution in [2.24, 2.45) is 5.41 Å². The van der Waals surface area contributed by atoms with E-state index in [1.54, 1.807) is 0 Å². The lowest BCUT2D eigenvalue weighted by atomic mass is 9.85. The highest BCUT2D eigenvalue weighted by atomic mass is 15.2. The molecule has 1 aliphatic heterocycles. The monoisotopic (exact) mass is 280 g/mol. The molecule has 0 aromatic rings. The highest BCUT2D eigenvalue weighted by Crippen LogP contribution is 2.32. The number of nitrogens with zero attached hydrogens (tertiary/aromatic N) is 1. The summed E-state index contributed by atoms with van der Waals surface area (Å²) in [6, 6.07) is 1.53. The Morgan fingerprint density at radius 1 is 0.950 bits per heavy atom. The van der Waals surface area contributed by atoms with Crippen LogP contribution < -0.4 is 5.32 Å². The minimum absolute atomic E-state index is 0.560. The van der Waals surface area contributed by atoms with Gasteiger partial charge in [-0.3, -0.25) is 4.90 Å². The molecule has 0 aromatic heterocycles. The molecule has 1 saturated carbocycles. The van der Waals surface area contributed by atoms with E-state index in [0.717, 1.165) is 18.6 Å². The SMILES string of the molecule is CCNC1CCCCCCC1N1CCCC(C)(C)CC1. The minimum atomic E-state index is 0.560. The minimum Gasteiger partial charge on any atom is -0.313 e. The Balaban J connectivity index is 2.00. The van der Waals surface area contributed by atoms with Crippen LogP contribution >= 0.6 is 0 Å². The lowest BCUT2D eigenvalue weighted by Crippen LogP contribution is -2.51. The molecule has 0 amide bonds. The molecule has 2 heteroatoms. The Labute approximate surface area is 126 Å². The molecule has 20 heavy (non-hydrogen) atoms. The molecule has 2 atom stereocenters. The van der Waals surface area contributed by atoms with E-state index in [1.165, 1.54) is 70.9 Å². The van der Waals surface area contributed by atoms with Crippen molar-refractivity contribution < 1.29 is 0 Å². The molecule has 0 aromatic carbocycles. The van der Waals surface area contributed by atoms with Gasteiger partial charge in [-0.1, -0.05) is 46.5 Å². The van der Waals surface area contributed by atoms with Crippen molar-refractivity contribution in [2.75, 3.05) is 19.6 Å². The van der Waals surface area contributed by atoms with Gasteiger partial charge in [-0.05, 0) is 57.2 Å². The van der Waals surface area contributed by atoms with Crippen molar-refractivity contribution in [2.45, 2.75) is 90.6 Å². The van der Waals surface area contributed by atoms with Gasteiger partial charge < -0.3 is 5.32 Å². The molecule has 0 spiro atoms. The van der Waals surface area contributed by atoms with Crippen LogP contribution in [-0.4, -0.2) is 36.6 Å². The van der Waals surface area contributed by atoms with Gasteiger partial charge in [-0.2, -0.15) is 0 Å². The van der Waals surface area contributed by atoms with E-state index < -0.39 is 0 Å². The van der Waals surface area contributed by atoms with E-state index >= 15 is 0 Å². The lowest BCUT2D eigenvalue weighted by Gasteiger charge is -2.38. The van der Waals surface area contributed by atoms with Crippen LogP contribution in [-0.2, 0) is 0 Å². The molecule has 0 bridgehead atoms. The van der Waals surface area contributed by atoms with Gasteiger partial charge in [0, 0.05) is 12.1 Å². The van der Waals surface area contributed by atoms with Crippen LogP contribution in [0.1, 0.15) is 78.6 Å². The van der Waals surface area contributed by atoms with Crippen LogP contribution in [0.5, 0.6) is 0 Å². The second-order valence-electron chi connectivity index (χ2n) is 7.78. The van der Waals surface area contributed by atoms with Gasteiger partial charge in [0.1, 0.15) is 0 Å². The maximum atomic E-state index is 3.80. The predicted molar refractivity (Wildman–Crippen MR) is 88.2 cm³/mol. The maximum absolute atomic E-state index is 3.80. The molecule has 2 aliphatic rings. The summed E-state index contributed by atoms with van der Waals surface area (Å²) >= 11 is 0. The predicted octanol–water partition coefficient (Wildman–Crippen LogP) is 4.20. The lowest BCUT2D eigenvalue weighted by molar-refractivity contribution is 0.134. The summed E-state index contributed by atoms with van der Waals surface area (Å²) in [5.74, 6) is 0. The van der Waals surface area contributed by atoms with E-state index in [2.05, 4.69) is 31.0 Å². The fourth-order valence-corrected chi connectivity index (χ4v) is 4.18. The normalized spacial score (nSPS) is 33.1. The molecule has 2 unspecified atom stereocenters. The average molecular weight is 281 g/mol. The van der Waals surface area contributed by atoms with E-state index in [9.17, 15) is 0 Å². The molecule has 1 N–H and O–H groups in total. The zero-order valence-corrected chi connectivity index (χ0v) is 14.1. The quantitative estimate of drug-likeness (QED) is 0.833. The second-order valence-corrected chi connectivity index (χ2v) is 7.78. The molecule has 2 nitrogen and oxygen atoms in total. The van der Waals surface area contributed by atoms with Gasteiger partial charge in [0.25, 0.3) is 0 Å². The first-order chi connectivity index (χ1) is 9.62. The van der Waals surface area contributed by atoms with E-state index in [-0.39, 0.29) is 0 Å². The summed E-state index contributed by atoms with van der Waals surface area (Å²) in [6.45, 7) is 10.9. The van der Waals surface area contributed by atoms with Crippen molar-refractivity contribution in [1.29, 1.82) is 0 Å². The van der Waals surface area contributed by atoms with Crippen molar-refractivity contribution in [3.63, 3.8) is 0 Å². The number of hydrogen-bond donors (Lipinski definition) is 1. The number of likely N-dealkylation sites (N-methyl/N-ethyl adjacent to an activating group) is 1. The first-order valence-electron chi connectivity index (χ1n) is 9.10. The Bertz CT molecular complexity index is 275. The summed E-state index contributed by atoms with van der Waals surface area (Å²) in [6.07, 6.45) is 12.7. The number of hydrogen-bond acceptors (Lipinski definition) is 2. The summed E-state index contributed by atoms with van der Waals surface area (Å²) in [5.41, 5.74) is 0.560. The van der Waals surface area contributed by atoms with Crippen LogP contribution in [0, 0.1) is 5.41 Å². The van der Waals surface area contributed by atoms with Gasteiger partial charge in [0.2, 0.25) is 0 Å². The van der Waals surface area contributed by atoms with E-state index in [4.69, 9.17) is 0 Å². The number of nitrogens with one attached hydrogen (secondary N) is 1. The Morgan fingerprint density at radius 3 is 2.45 bits per heavy atom. The highest BCUT2D eigenvalue weighted by molar-refractivity contribution is 4.88. The standard InChI is InChI=1S/C18H36N2/c1-4-19-16-10-7-5-6-8-11-17(16)20-14-9-12-18(2,3)13-15-20/h16-17,19H,4-15H2,1-3H3. The molecule has 2 fully saturated rings. The largest absolute Gasteiger partial charge is 0.313 e. The smallest absolute Gasteiger partial charge is 0.0249 e. The summed E-state index contributed by atoms with van der Waals surface area (Å²) in [5, 5.41) is 3.80. The molecule has 2 rings (SSSR count). The summed E-state index contributed by atoms with van der Waals surface area (Å²) in [7, 11) is 0. The first kappa shape index (κ1) is 16.3. The van der Waals surface area contributed by atoms with Gasteiger partial charge in [0.05, 0.1) is 0 Å². The first-order valence-corrected chi connectivity index (χ1v) is 9.10. The average Bonchev–Trinajstić information content (AvgIpc) is 2.55. The highest BCUT2D eigenvalue weighted by Gasteiger charge is 2.31. The molecule has 0 radical (unpaired) electrons. The number of likely N-dealkylation sites (tertiary alicyclic amines) is 1. The van der Waals surface area contributed by atoms with Gasteiger partial charge in [-0.25, -0.2) is 0 Å². The number of rotatable bonds is 3. The fourth-order valence-electron chi connectivity index (χ4n) is 4.18. The molecule has 1 heterocycles. The molecular formula is C18H36N2. The van der Waals surface area contributed by atoms with Crippen molar-refractivity contribution in [3.05, 3.63) is 0 Å². The van der Waals surface area contributed by atoms with Crippen LogP contribution in [0.4, 0.5) is 0 Å². The van der Waals surface area contributed by atoms with Crippen molar-refractivity contribution >= 4 is 0 Å². The second kappa shape index (κ2) is 7.79. The summed E-state index contributed by atoms with van der Waals surface area (Å²) in [4.78, 5) is 2.84. The zero-order chi connectivity index (χ0) is 14.4. The summed E-state index contributed by atoms with van der Waals surface area (Å²) < 4.78 is 0. The Kier molecular flexibility index (Phi) is 6.35. The van der Waals surface area contributed by atoms with Crippen molar-refractivity contribution in [3.8, 4) is 0 Å². The Hall–Kier alpha value is -0.0800. The van der Waals surface area contributed by atoms with Crippen LogP contribution in [0.25, 0.3) is 0 Å². The third-order valence-corrected chi connectivity index (χ3v) is 5.54. The maximum Gasteiger partial charge on any atom is 0.0249 e. The Morgan fingerprint density at radius 2 is 1.70 bits per heavy atom. The van der Waals surface area contributed by atoms with Gasteiger partial charge in [-0.15, -0.1) is 0 Å². The van der Waals surface area contributed by atoms with E-state index in [0.29, 0.717) is 5.41 Å². The van der Waals surface area contributed by atoms with Crippen molar-refractivity contribution in [1.82, 2.24) is 10.2 Å². The third-order valence-electron chi connectivity index (χ3n) is 5.54. The van der Waals surface area contributed by atoms with E-state index in [1.807, 2.05) is 0 Å².